The number of benzene rings is 1. The zero-order valence-electron chi connectivity index (χ0n) is 9.41. The summed E-state index contributed by atoms with van der Waals surface area (Å²) in [6, 6.07) is 6.70. The summed E-state index contributed by atoms with van der Waals surface area (Å²) in [6.07, 6.45) is 0. The molecule has 7 nitrogen and oxygen atoms in total. The molecule has 1 aromatic carbocycles. The van der Waals surface area contributed by atoms with Gasteiger partial charge in [-0.05, 0) is 22.6 Å². The van der Waals surface area contributed by atoms with Crippen molar-refractivity contribution in [3.63, 3.8) is 0 Å². The van der Waals surface area contributed by atoms with E-state index in [1.807, 2.05) is 0 Å². The van der Waals surface area contributed by atoms with Gasteiger partial charge in [-0.25, -0.2) is 4.79 Å². The molecular weight excluding hydrogens is 260 g/mol. The number of tetrazole rings is 1. The first-order valence-electron chi connectivity index (χ1n) is 4.98. The van der Waals surface area contributed by atoms with Crippen molar-refractivity contribution in [2.24, 2.45) is 0 Å². The second-order valence-corrected chi connectivity index (χ2v) is 3.77. The third-order valence-electron chi connectivity index (χ3n) is 2.23. The standard InChI is InChI=1S/C10H9ClN4O3/c1-18-9(16)6-14-10(17)15(13-12-14)8-5-3-2-4-7(8)11/h2-5H,6H2,1H3. The van der Waals surface area contributed by atoms with Gasteiger partial charge in [0.15, 0.2) is 0 Å². The molecule has 1 heterocycles. The van der Waals surface area contributed by atoms with E-state index in [9.17, 15) is 9.59 Å². The molecule has 0 atom stereocenters. The lowest BCUT2D eigenvalue weighted by Gasteiger charge is -2.00. The van der Waals surface area contributed by atoms with E-state index in [0.29, 0.717) is 10.7 Å². The second-order valence-electron chi connectivity index (χ2n) is 3.36. The Kier molecular flexibility index (Phi) is 3.42. The van der Waals surface area contributed by atoms with Crippen LogP contribution in [0.4, 0.5) is 0 Å². The highest BCUT2D eigenvalue weighted by atomic mass is 35.5. The van der Waals surface area contributed by atoms with Gasteiger partial charge < -0.3 is 4.74 Å². The van der Waals surface area contributed by atoms with Gasteiger partial charge in [0, 0.05) is 0 Å². The van der Waals surface area contributed by atoms with Crippen LogP contribution in [0.3, 0.4) is 0 Å². The minimum absolute atomic E-state index is 0.292. The molecule has 1 aromatic heterocycles. The number of esters is 1. The minimum Gasteiger partial charge on any atom is -0.468 e. The van der Waals surface area contributed by atoms with Gasteiger partial charge in [0.25, 0.3) is 0 Å². The Hall–Kier alpha value is -2.15. The highest BCUT2D eigenvalue weighted by Crippen LogP contribution is 2.16. The van der Waals surface area contributed by atoms with Crippen LogP contribution in [0.5, 0.6) is 0 Å². The first-order valence-corrected chi connectivity index (χ1v) is 5.36. The fourth-order valence-electron chi connectivity index (χ4n) is 1.33. The second kappa shape index (κ2) is 5.01. The van der Waals surface area contributed by atoms with Gasteiger partial charge >= 0.3 is 11.7 Å². The Balaban J connectivity index is 2.41. The van der Waals surface area contributed by atoms with Crippen LogP contribution in [0.15, 0.2) is 29.1 Å². The van der Waals surface area contributed by atoms with E-state index in [-0.39, 0.29) is 6.54 Å². The molecule has 0 fully saturated rings. The van der Waals surface area contributed by atoms with Gasteiger partial charge in [-0.15, -0.1) is 0 Å². The fourth-order valence-corrected chi connectivity index (χ4v) is 1.55. The van der Waals surface area contributed by atoms with Crippen molar-refractivity contribution in [3.8, 4) is 5.69 Å². The van der Waals surface area contributed by atoms with Crippen molar-refractivity contribution in [3.05, 3.63) is 39.8 Å². The Labute approximate surface area is 107 Å². The summed E-state index contributed by atoms with van der Waals surface area (Å²) in [6.45, 7) is -0.292. The summed E-state index contributed by atoms with van der Waals surface area (Å²) in [5.74, 6) is -0.580. The topological polar surface area (TPSA) is 79.0 Å². The molecule has 2 rings (SSSR count). The quantitative estimate of drug-likeness (QED) is 0.746. The maximum absolute atomic E-state index is 11.9. The fraction of sp³-hybridized carbons (Fsp3) is 0.200. The van der Waals surface area contributed by atoms with Crippen LogP contribution in [0.1, 0.15) is 0 Å². The molecule has 0 spiro atoms. The zero-order valence-corrected chi connectivity index (χ0v) is 10.2. The van der Waals surface area contributed by atoms with Crippen LogP contribution in [-0.4, -0.2) is 32.9 Å². The normalized spacial score (nSPS) is 10.3. The largest absolute Gasteiger partial charge is 0.468 e. The van der Waals surface area contributed by atoms with Crippen LogP contribution in [0.2, 0.25) is 5.02 Å². The van der Waals surface area contributed by atoms with Gasteiger partial charge in [-0.2, -0.15) is 9.36 Å². The third kappa shape index (κ3) is 2.25. The van der Waals surface area contributed by atoms with E-state index in [0.717, 1.165) is 9.36 Å². The molecular formula is C10H9ClN4O3. The molecule has 0 amide bonds. The summed E-state index contributed by atoms with van der Waals surface area (Å²) in [7, 11) is 1.23. The number of ether oxygens (including phenoxy) is 1. The third-order valence-corrected chi connectivity index (χ3v) is 2.55. The summed E-state index contributed by atoms with van der Waals surface area (Å²) < 4.78 is 6.36. The van der Waals surface area contributed by atoms with Crippen molar-refractivity contribution in [2.75, 3.05) is 7.11 Å². The lowest BCUT2D eigenvalue weighted by atomic mass is 10.3. The van der Waals surface area contributed by atoms with E-state index in [1.165, 1.54) is 7.11 Å². The van der Waals surface area contributed by atoms with Crippen molar-refractivity contribution in [1.29, 1.82) is 0 Å². The highest BCUT2D eigenvalue weighted by Gasteiger charge is 2.13. The molecule has 0 radical (unpaired) electrons. The number of nitrogens with zero attached hydrogens (tertiary/aromatic N) is 4. The smallest absolute Gasteiger partial charge is 0.369 e. The average Bonchev–Trinajstić information content (AvgIpc) is 2.72. The highest BCUT2D eigenvalue weighted by molar-refractivity contribution is 6.32. The number of hydrogen-bond donors (Lipinski definition) is 0. The van der Waals surface area contributed by atoms with Gasteiger partial charge in [0.05, 0.1) is 17.8 Å². The monoisotopic (exact) mass is 268 g/mol. The number of para-hydroxylation sites is 1. The van der Waals surface area contributed by atoms with Gasteiger partial charge in [0.1, 0.15) is 6.54 Å². The van der Waals surface area contributed by atoms with Crippen LogP contribution in [0.25, 0.3) is 5.69 Å². The minimum atomic E-state index is -0.580. The predicted molar refractivity (Wildman–Crippen MR) is 62.6 cm³/mol. The van der Waals surface area contributed by atoms with E-state index in [2.05, 4.69) is 15.2 Å². The summed E-state index contributed by atoms with van der Waals surface area (Å²) in [4.78, 5) is 23.0. The van der Waals surface area contributed by atoms with Crippen molar-refractivity contribution < 1.29 is 9.53 Å². The van der Waals surface area contributed by atoms with Crippen LogP contribution in [0, 0.1) is 0 Å². The molecule has 0 N–H and O–H groups in total. The molecule has 2 aromatic rings. The Morgan fingerprint density at radius 1 is 1.39 bits per heavy atom. The molecule has 0 unspecified atom stereocenters. The van der Waals surface area contributed by atoms with Crippen molar-refractivity contribution in [1.82, 2.24) is 19.8 Å². The van der Waals surface area contributed by atoms with Crippen LogP contribution >= 0.6 is 11.6 Å². The zero-order chi connectivity index (χ0) is 13.1. The Morgan fingerprint density at radius 2 is 2.11 bits per heavy atom. The number of carbonyl (C=O) groups is 1. The molecule has 0 aliphatic heterocycles. The van der Waals surface area contributed by atoms with Crippen LogP contribution in [-0.2, 0) is 16.1 Å². The van der Waals surface area contributed by atoms with E-state index in [1.54, 1.807) is 24.3 Å². The number of methoxy groups -OCH3 is 1. The first-order chi connectivity index (χ1) is 8.63. The van der Waals surface area contributed by atoms with E-state index >= 15 is 0 Å². The number of halogens is 1. The first kappa shape index (κ1) is 12.3. The van der Waals surface area contributed by atoms with E-state index < -0.39 is 11.7 Å². The lowest BCUT2D eigenvalue weighted by molar-refractivity contribution is -0.141. The lowest BCUT2D eigenvalue weighted by Crippen LogP contribution is -2.27. The van der Waals surface area contributed by atoms with Gasteiger partial charge in [-0.1, -0.05) is 23.7 Å². The average molecular weight is 269 g/mol. The van der Waals surface area contributed by atoms with Crippen molar-refractivity contribution in [2.45, 2.75) is 6.54 Å². The predicted octanol–water partition coefficient (Wildman–Crippen LogP) is 0.255. The molecule has 0 aliphatic rings. The Bertz CT molecular complexity index is 634. The molecule has 94 valence electrons. The molecule has 8 heteroatoms. The van der Waals surface area contributed by atoms with Crippen LogP contribution < -0.4 is 5.69 Å². The van der Waals surface area contributed by atoms with E-state index in [4.69, 9.17) is 11.6 Å². The molecule has 0 saturated carbocycles. The summed E-state index contributed by atoms with van der Waals surface area (Å²) in [5.41, 5.74) is -0.159. The molecule has 0 bridgehead atoms. The molecule has 0 saturated heterocycles. The molecule has 0 aliphatic carbocycles. The SMILES string of the molecule is COC(=O)Cn1nnn(-c2ccccc2Cl)c1=O. The number of hydrogen-bond acceptors (Lipinski definition) is 5. The van der Waals surface area contributed by atoms with Gasteiger partial charge in [-0.3, -0.25) is 4.79 Å². The summed E-state index contributed by atoms with van der Waals surface area (Å²) in [5, 5.41) is 7.60. The molecule has 18 heavy (non-hydrogen) atoms. The number of rotatable bonds is 3. The maximum atomic E-state index is 11.9. The number of aromatic nitrogens is 4. The Morgan fingerprint density at radius 3 is 2.78 bits per heavy atom. The van der Waals surface area contributed by atoms with Crippen molar-refractivity contribution >= 4 is 17.6 Å². The number of carbonyl (C=O) groups excluding carboxylic acids is 1. The maximum Gasteiger partial charge on any atom is 0.369 e. The van der Waals surface area contributed by atoms with Gasteiger partial charge in [0.2, 0.25) is 0 Å². The summed E-state index contributed by atoms with van der Waals surface area (Å²) >= 11 is 5.94.